The van der Waals surface area contributed by atoms with Crippen LogP contribution in [0.15, 0.2) is 23.1 Å². The molecular formula is C13H16ClNO5S. The lowest BCUT2D eigenvalue weighted by Crippen LogP contribution is -2.58. The van der Waals surface area contributed by atoms with Gasteiger partial charge in [-0.25, -0.2) is 8.42 Å². The molecule has 116 valence electrons. The normalized spacial score (nSPS) is 19.1. The third-order valence-corrected chi connectivity index (χ3v) is 5.73. The number of halogens is 1. The van der Waals surface area contributed by atoms with Crippen LogP contribution in [0.25, 0.3) is 0 Å². The molecular weight excluding hydrogens is 318 g/mol. The van der Waals surface area contributed by atoms with Crippen molar-refractivity contribution in [3.05, 3.63) is 23.2 Å². The second kappa shape index (κ2) is 5.47. The minimum Gasteiger partial charge on any atom is -0.495 e. The van der Waals surface area contributed by atoms with Gasteiger partial charge in [-0.2, -0.15) is 4.31 Å². The highest BCUT2D eigenvalue weighted by Gasteiger charge is 2.46. The number of hydrogen-bond donors (Lipinski definition) is 0. The van der Waals surface area contributed by atoms with Crippen LogP contribution in [0.3, 0.4) is 0 Å². The molecule has 0 unspecified atom stereocenters. The average molecular weight is 334 g/mol. The Bertz CT molecular complexity index is 671. The van der Waals surface area contributed by atoms with Crippen molar-refractivity contribution in [2.75, 3.05) is 20.3 Å². The van der Waals surface area contributed by atoms with Crippen LogP contribution in [-0.2, 0) is 19.6 Å². The van der Waals surface area contributed by atoms with E-state index in [1.165, 1.54) is 39.2 Å². The monoisotopic (exact) mass is 333 g/mol. The highest BCUT2D eigenvalue weighted by Crippen LogP contribution is 2.32. The number of nitrogens with zero attached hydrogens (tertiary/aromatic N) is 1. The SMILES string of the molecule is COc1ccc(S(=O)(=O)N2CCOC(=O)C2(C)C)cc1Cl. The van der Waals surface area contributed by atoms with Gasteiger partial charge in [0.25, 0.3) is 0 Å². The molecule has 0 saturated carbocycles. The van der Waals surface area contributed by atoms with Crippen molar-refractivity contribution in [2.24, 2.45) is 0 Å². The first-order valence-electron chi connectivity index (χ1n) is 6.25. The van der Waals surface area contributed by atoms with E-state index < -0.39 is 21.5 Å². The van der Waals surface area contributed by atoms with Crippen LogP contribution in [0.2, 0.25) is 5.02 Å². The summed E-state index contributed by atoms with van der Waals surface area (Å²) in [7, 11) is -2.41. The molecule has 1 heterocycles. The molecule has 1 saturated heterocycles. The molecule has 0 aromatic heterocycles. The van der Waals surface area contributed by atoms with Crippen molar-refractivity contribution < 1.29 is 22.7 Å². The van der Waals surface area contributed by atoms with Gasteiger partial charge in [0.1, 0.15) is 17.9 Å². The Morgan fingerprint density at radius 3 is 2.62 bits per heavy atom. The fourth-order valence-corrected chi connectivity index (χ4v) is 4.21. The third kappa shape index (κ3) is 2.73. The number of rotatable bonds is 3. The standard InChI is InChI=1S/C13H16ClNO5S/c1-13(2)12(16)20-7-6-15(13)21(17,18)9-4-5-11(19-3)10(14)8-9/h4-5,8H,6-7H2,1-3H3. The number of cyclic esters (lactones) is 1. The number of esters is 1. The van der Waals surface area contributed by atoms with Gasteiger partial charge in [0.2, 0.25) is 10.0 Å². The van der Waals surface area contributed by atoms with Crippen LogP contribution in [0.1, 0.15) is 13.8 Å². The molecule has 6 nitrogen and oxygen atoms in total. The maximum atomic E-state index is 12.7. The zero-order valence-corrected chi connectivity index (χ0v) is 13.5. The highest BCUT2D eigenvalue weighted by molar-refractivity contribution is 7.89. The lowest BCUT2D eigenvalue weighted by Gasteiger charge is -2.38. The van der Waals surface area contributed by atoms with Gasteiger partial charge in [-0.3, -0.25) is 4.79 Å². The van der Waals surface area contributed by atoms with Crippen molar-refractivity contribution in [1.82, 2.24) is 4.31 Å². The fraction of sp³-hybridized carbons (Fsp3) is 0.462. The topological polar surface area (TPSA) is 72.9 Å². The minimum atomic E-state index is -3.86. The molecule has 0 radical (unpaired) electrons. The van der Waals surface area contributed by atoms with E-state index in [1.807, 2.05) is 0 Å². The number of hydrogen-bond acceptors (Lipinski definition) is 5. The predicted molar refractivity (Wildman–Crippen MR) is 76.9 cm³/mol. The van der Waals surface area contributed by atoms with Gasteiger partial charge in [-0.1, -0.05) is 11.6 Å². The van der Waals surface area contributed by atoms with E-state index in [0.29, 0.717) is 5.75 Å². The van der Waals surface area contributed by atoms with Gasteiger partial charge in [0, 0.05) is 6.54 Å². The molecule has 0 aliphatic carbocycles. The summed E-state index contributed by atoms with van der Waals surface area (Å²) in [4.78, 5) is 11.8. The lowest BCUT2D eigenvalue weighted by atomic mass is 10.1. The fourth-order valence-electron chi connectivity index (χ4n) is 2.13. The smallest absolute Gasteiger partial charge is 0.327 e. The molecule has 1 aliphatic rings. The Labute approximate surface area is 128 Å². The van der Waals surface area contributed by atoms with Gasteiger partial charge >= 0.3 is 5.97 Å². The van der Waals surface area contributed by atoms with E-state index >= 15 is 0 Å². The van der Waals surface area contributed by atoms with Gasteiger partial charge in [-0.15, -0.1) is 0 Å². The Morgan fingerprint density at radius 1 is 1.38 bits per heavy atom. The Kier molecular flexibility index (Phi) is 4.19. The van der Waals surface area contributed by atoms with E-state index in [4.69, 9.17) is 21.1 Å². The summed E-state index contributed by atoms with van der Waals surface area (Å²) in [6.07, 6.45) is 0. The van der Waals surface area contributed by atoms with Crippen molar-refractivity contribution in [1.29, 1.82) is 0 Å². The first-order valence-corrected chi connectivity index (χ1v) is 8.06. The molecule has 1 aromatic rings. The van der Waals surface area contributed by atoms with Crippen molar-refractivity contribution in [3.8, 4) is 5.75 Å². The molecule has 1 aromatic carbocycles. The summed E-state index contributed by atoms with van der Waals surface area (Å²) < 4.78 is 36.5. The van der Waals surface area contributed by atoms with E-state index in [-0.39, 0.29) is 23.1 Å². The number of morpholine rings is 1. The summed E-state index contributed by atoms with van der Waals surface area (Å²) in [6, 6.07) is 4.19. The van der Waals surface area contributed by atoms with E-state index in [9.17, 15) is 13.2 Å². The van der Waals surface area contributed by atoms with Crippen LogP contribution in [0.5, 0.6) is 5.75 Å². The largest absolute Gasteiger partial charge is 0.495 e. The van der Waals surface area contributed by atoms with Gasteiger partial charge in [0.15, 0.2) is 0 Å². The van der Waals surface area contributed by atoms with Gasteiger partial charge in [-0.05, 0) is 32.0 Å². The molecule has 0 bridgehead atoms. The molecule has 1 fully saturated rings. The summed E-state index contributed by atoms with van der Waals surface area (Å²) in [5, 5.41) is 0.191. The van der Waals surface area contributed by atoms with Crippen LogP contribution in [-0.4, -0.2) is 44.5 Å². The second-order valence-electron chi connectivity index (χ2n) is 5.07. The quantitative estimate of drug-likeness (QED) is 0.787. The van der Waals surface area contributed by atoms with Crippen LogP contribution >= 0.6 is 11.6 Å². The lowest BCUT2D eigenvalue weighted by molar-refractivity contribution is -0.160. The number of ether oxygens (including phenoxy) is 2. The maximum Gasteiger partial charge on any atom is 0.327 e. The summed E-state index contributed by atoms with van der Waals surface area (Å²) >= 11 is 5.97. The molecule has 2 rings (SSSR count). The molecule has 8 heteroatoms. The first kappa shape index (κ1) is 16.1. The number of carbonyl (C=O) groups excluding carboxylic acids is 1. The van der Waals surface area contributed by atoms with E-state index in [1.54, 1.807) is 0 Å². The van der Waals surface area contributed by atoms with E-state index in [0.717, 1.165) is 4.31 Å². The Morgan fingerprint density at radius 2 is 2.05 bits per heavy atom. The van der Waals surface area contributed by atoms with Gasteiger partial charge in [0.05, 0.1) is 17.0 Å². The molecule has 0 spiro atoms. The molecule has 0 atom stereocenters. The van der Waals surface area contributed by atoms with Gasteiger partial charge < -0.3 is 9.47 Å². The third-order valence-electron chi connectivity index (χ3n) is 3.36. The van der Waals surface area contributed by atoms with Crippen LogP contribution < -0.4 is 4.74 Å². The zero-order valence-electron chi connectivity index (χ0n) is 11.9. The van der Waals surface area contributed by atoms with Crippen LogP contribution in [0, 0.1) is 0 Å². The molecule has 21 heavy (non-hydrogen) atoms. The van der Waals surface area contributed by atoms with Crippen LogP contribution in [0.4, 0.5) is 0 Å². The highest BCUT2D eigenvalue weighted by atomic mass is 35.5. The molecule has 0 amide bonds. The number of methoxy groups -OCH3 is 1. The maximum absolute atomic E-state index is 12.7. The number of sulfonamides is 1. The number of benzene rings is 1. The summed E-state index contributed by atoms with van der Waals surface area (Å²) in [6.45, 7) is 3.16. The van der Waals surface area contributed by atoms with E-state index in [2.05, 4.69) is 0 Å². The minimum absolute atomic E-state index is 0.0103. The molecule has 1 aliphatic heterocycles. The summed E-state index contributed by atoms with van der Waals surface area (Å²) in [5.74, 6) is -0.190. The van der Waals surface area contributed by atoms with Crippen molar-refractivity contribution in [2.45, 2.75) is 24.3 Å². The average Bonchev–Trinajstić information content (AvgIpc) is 2.41. The summed E-state index contributed by atoms with van der Waals surface area (Å²) in [5.41, 5.74) is -1.26. The van der Waals surface area contributed by atoms with Crippen molar-refractivity contribution in [3.63, 3.8) is 0 Å². The Hall–Kier alpha value is -1.31. The zero-order chi connectivity index (χ0) is 15.8. The second-order valence-corrected chi connectivity index (χ2v) is 7.34. The Balaban J connectivity index is 2.46. The first-order chi connectivity index (χ1) is 9.71. The van der Waals surface area contributed by atoms with Crippen molar-refractivity contribution >= 4 is 27.6 Å². The molecule has 0 N–H and O–H groups in total. The number of carbonyl (C=O) groups is 1. The predicted octanol–water partition coefficient (Wildman–Crippen LogP) is 1.67.